The van der Waals surface area contributed by atoms with E-state index in [-0.39, 0.29) is 12.5 Å². The average molecular weight is 340 g/mol. The molecule has 0 heterocycles. The molecule has 130 valence electrons. The third kappa shape index (κ3) is 5.86. The number of unbranched alkanes of at least 4 members (excludes halogenated alkanes) is 2. The van der Waals surface area contributed by atoms with Gasteiger partial charge in [0.2, 0.25) is 15.9 Å². The Morgan fingerprint density at radius 1 is 1.13 bits per heavy atom. The highest BCUT2D eigenvalue weighted by molar-refractivity contribution is 7.92. The highest BCUT2D eigenvalue weighted by Crippen LogP contribution is 2.28. The lowest BCUT2D eigenvalue weighted by molar-refractivity contribution is -0.119. The van der Waals surface area contributed by atoms with Gasteiger partial charge in [0, 0.05) is 6.54 Å². The predicted molar refractivity (Wildman–Crippen MR) is 95.4 cm³/mol. The minimum atomic E-state index is -3.53. The Morgan fingerprint density at radius 2 is 1.70 bits per heavy atom. The number of amides is 1. The molecule has 0 bridgehead atoms. The minimum Gasteiger partial charge on any atom is -0.355 e. The van der Waals surface area contributed by atoms with Crippen molar-refractivity contribution in [3.63, 3.8) is 0 Å². The maximum atomic E-state index is 12.2. The van der Waals surface area contributed by atoms with Gasteiger partial charge in [-0.1, -0.05) is 37.5 Å². The lowest BCUT2D eigenvalue weighted by Crippen LogP contribution is -2.41. The number of hydrogen-bond acceptors (Lipinski definition) is 3. The number of anilines is 1. The van der Waals surface area contributed by atoms with Crippen molar-refractivity contribution in [1.82, 2.24) is 5.32 Å². The zero-order valence-electron chi connectivity index (χ0n) is 14.8. The molecule has 1 N–H and O–H groups in total. The average Bonchev–Trinajstić information content (AvgIpc) is 2.40. The summed E-state index contributed by atoms with van der Waals surface area (Å²) in [5.41, 5.74) is 3.38. The fourth-order valence-electron chi connectivity index (χ4n) is 2.72. The van der Waals surface area contributed by atoms with Crippen LogP contribution in [-0.2, 0) is 14.8 Å². The Bertz CT molecular complexity index is 631. The molecule has 0 aliphatic rings. The van der Waals surface area contributed by atoms with Gasteiger partial charge >= 0.3 is 0 Å². The summed E-state index contributed by atoms with van der Waals surface area (Å²) in [6.07, 6.45) is 4.17. The van der Waals surface area contributed by atoms with Crippen molar-refractivity contribution >= 4 is 21.6 Å². The standard InChI is InChI=1S/C17H28N2O3S/c1-6-7-8-9-18-16(20)12-19(23(5,21)22)17-14(3)10-13(2)11-15(17)4/h10-11H,6-9,12H2,1-5H3,(H,18,20). The molecule has 0 aromatic heterocycles. The maximum absolute atomic E-state index is 12.2. The summed E-state index contributed by atoms with van der Waals surface area (Å²) in [6, 6.07) is 3.86. The normalized spacial score (nSPS) is 11.3. The number of carbonyl (C=O) groups is 1. The predicted octanol–water partition coefficient (Wildman–Crippen LogP) is 2.68. The van der Waals surface area contributed by atoms with Gasteiger partial charge in [-0.15, -0.1) is 0 Å². The van der Waals surface area contributed by atoms with Crippen molar-refractivity contribution < 1.29 is 13.2 Å². The molecule has 6 heteroatoms. The van der Waals surface area contributed by atoms with Crippen molar-refractivity contribution in [2.75, 3.05) is 23.7 Å². The summed E-state index contributed by atoms with van der Waals surface area (Å²) >= 11 is 0. The number of rotatable bonds is 8. The number of hydrogen-bond donors (Lipinski definition) is 1. The SMILES string of the molecule is CCCCCNC(=O)CN(c1c(C)cc(C)cc1C)S(C)(=O)=O. The molecule has 0 atom stereocenters. The number of carbonyl (C=O) groups excluding carboxylic acids is 1. The summed E-state index contributed by atoms with van der Waals surface area (Å²) in [6.45, 7) is 8.19. The third-order valence-electron chi connectivity index (χ3n) is 3.67. The van der Waals surface area contributed by atoms with Gasteiger partial charge in [-0.3, -0.25) is 9.10 Å². The van der Waals surface area contributed by atoms with Crippen LogP contribution in [0.3, 0.4) is 0 Å². The second kappa shape index (κ2) is 8.34. The van der Waals surface area contributed by atoms with Crippen molar-refractivity contribution in [2.45, 2.75) is 47.0 Å². The van der Waals surface area contributed by atoms with Gasteiger partial charge in [0.05, 0.1) is 11.9 Å². The molecule has 0 unspecified atom stereocenters. The summed E-state index contributed by atoms with van der Waals surface area (Å²) in [4.78, 5) is 12.1. The van der Waals surface area contributed by atoms with Crippen molar-refractivity contribution in [1.29, 1.82) is 0 Å². The number of nitrogens with one attached hydrogen (secondary N) is 1. The molecule has 23 heavy (non-hydrogen) atoms. The Morgan fingerprint density at radius 3 is 2.17 bits per heavy atom. The highest BCUT2D eigenvalue weighted by atomic mass is 32.2. The largest absolute Gasteiger partial charge is 0.355 e. The van der Waals surface area contributed by atoms with E-state index in [9.17, 15) is 13.2 Å². The monoisotopic (exact) mass is 340 g/mol. The zero-order valence-corrected chi connectivity index (χ0v) is 15.6. The minimum absolute atomic E-state index is 0.185. The van der Waals surface area contributed by atoms with Gasteiger partial charge in [-0.2, -0.15) is 0 Å². The molecule has 0 saturated carbocycles. The fourth-order valence-corrected chi connectivity index (χ4v) is 3.69. The highest BCUT2D eigenvalue weighted by Gasteiger charge is 2.23. The zero-order chi connectivity index (χ0) is 17.6. The fraction of sp³-hybridized carbons (Fsp3) is 0.588. The smallest absolute Gasteiger partial charge is 0.240 e. The van der Waals surface area contributed by atoms with Gasteiger partial charge in [-0.25, -0.2) is 8.42 Å². The molecule has 1 aromatic rings. The molecular weight excluding hydrogens is 312 g/mol. The molecule has 1 aromatic carbocycles. The number of aryl methyl sites for hydroxylation is 3. The molecule has 1 rings (SSSR count). The summed E-state index contributed by atoms with van der Waals surface area (Å²) in [5.74, 6) is -0.272. The molecule has 0 spiro atoms. The number of benzene rings is 1. The lowest BCUT2D eigenvalue weighted by atomic mass is 10.1. The first-order chi connectivity index (χ1) is 10.7. The quantitative estimate of drug-likeness (QED) is 0.740. The van der Waals surface area contributed by atoms with Crippen LogP contribution >= 0.6 is 0 Å². The molecule has 5 nitrogen and oxygen atoms in total. The topological polar surface area (TPSA) is 66.5 Å². The Labute approximate surface area is 140 Å². The Hall–Kier alpha value is -1.56. The molecule has 0 saturated heterocycles. The van der Waals surface area contributed by atoms with Crippen LogP contribution in [0.4, 0.5) is 5.69 Å². The van der Waals surface area contributed by atoms with E-state index in [0.29, 0.717) is 12.2 Å². The second-order valence-corrected chi connectivity index (χ2v) is 7.98. The molecule has 0 aliphatic carbocycles. The van der Waals surface area contributed by atoms with Crippen LogP contribution in [0.2, 0.25) is 0 Å². The summed E-state index contributed by atoms with van der Waals surface area (Å²) < 4.78 is 25.6. The summed E-state index contributed by atoms with van der Waals surface area (Å²) in [7, 11) is -3.53. The van der Waals surface area contributed by atoms with Gasteiger partial charge in [0.15, 0.2) is 0 Å². The number of sulfonamides is 1. The van der Waals surface area contributed by atoms with Crippen LogP contribution in [0.1, 0.15) is 42.9 Å². The Kier molecular flexibility index (Phi) is 7.06. The van der Waals surface area contributed by atoms with E-state index in [0.717, 1.165) is 42.2 Å². The molecular formula is C17H28N2O3S. The van der Waals surface area contributed by atoms with E-state index >= 15 is 0 Å². The summed E-state index contributed by atoms with van der Waals surface area (Å²) in [5, 5.41) is 2.80. The van der Waals surface area contributed by atoms with Gasteiger partial charge in [-0.05, 0) is 38.3 Å². The van der Waals surface area contributed by atoms with E-state index in [4.69, 9.17) is 0 Å². The van der Waals surface area contributed by atoms with Crippen LogP contribution < -0.4 is 9.62 Å². The van der Waals surface area contributed by atoms with Crippen molar-refractivity contribution in [2.24, 2.45) is 0 Å². The molecule has 1 amide bonds. The van der Waals surface area contributed by atoms with Crippen LogP contribution in [0, 0.1) is 20.8 Å². The lowest BCUT2D eigenvalue weighted by Gasteiger charge is -2.26. The van der Waals surface area contributed by atoms with E-state index in [1.165, 1.54) is 4.31 Å². The van der Waals surface area contributed by atoms with Crippen molar-refractivity contribution in [3.8, 4) is 0 Å². The van der Waals surface area contributed by atoms with Crippen molar-refractivity contribution in [3.05, 3.63) is 28.8 Å². The van der Waals surface area contributed by atoms with Gasteiger partial charge in [0.25, 0.3) is 0 Å². The van der Waals surface area contributed by atoms with Crippen LogP contribution in [-0.4, -0.2) is 33.7 Å². The maximum Gasteiger partial charge on any atom is 0.240 e. The first kappa shape index (κ1) is 19.5. The third-order valence-corrected chi connectivity index (χ3v) is 4.79. The number of nitrogens with zero attached hydrogens (tertiary/aromatic N) is 1. The Balaban J connectivity index is 2.98. The van der Waals surface area contributed by atoms with Crippen LogP contribution in [0.15, 0.2) is 12.1 Å². The molecule has 0 aliphatic heterocycles. The van der Waals surface area contributed by atoms with Crippen LogP contribution in [0.25, 0.3) is 0 Å². The van der Waals surface area contributed by atoms with E-state index in [2.05, 4.69) is 12.2 Å². The first-order valence-corrected chi connectivity index (χ1v) is 9.84. The second-order valence-electron chi connectivity index (χ2n) is 6.07. The van der Waals surface area contributed by atoms with Gasteiger partial charge in [0.1, 0.15) is 6.54 Å². The van der Waals surface area contributed by atoms with E-state index in [1.54, 1.807) is 0 Å². The van der Waals surface area contributed by atoms with E-state index < -0.39 is 10.0 Å². The molecule has 0 fully saturated rings. The van der Waals surface area contributed by atoms with Crippen LogP contribution in [0.5, 0.6) is 0 Å². The molecule has 0 radical (unpaired) electrons. The first-order valence-electron chi connectivity index (χ1n) is 7.99. The van der Waals surface area contributed by atoms with E-state index in [1.807, 2.05) is 32.9 Å². The van der Waals surface area contributed by atoms with Gasteiger partial charge < -0.3 is 5.32 Å².